The topological polar surface area (TPSA) is 29.5 Å². The molecule has 3 atom stereocenters. The third-order valence-corrected chi connectivity index (χ3v) is 3.93. The predicted molar refractivity (Wildman–Crippen MR) is 64.5 cm³/mol. The van der Waals surface area contributed by atoms with Gasteiger partial charge in [0, 0.05) is 19.0 Å². The molecular weight excluding hydrogens is 214 g/mol. The Balaban J connectivity index is 1.82. The molecule has 0 amide bonds. The van der Waals surface area contributed by atoms with Crippen LogP contribution < -0.4 is 0 Å². The lowest BCUT2D eigenvalue weighted by Gasteiger charge is -2.34. The first kappa shape index (κ1) is 10.8. The summed E-state index contributed by atoms with van der Waals surface area (Å²) in [6.45, 7) is 3.12. The fourth-order valence-electron chi connectivity index (χ4n) is 2.92. The highest BCUT2D eigenvalue weighted by Gasteiger charge is 2.44. The van der Waals surface area contributed by atoms with Crippen molar-refractivity contribution >= 4 is 5.97 Å². The maximum Gasteiger partial charge on any atom is 0.323 e. The van der Waals surface area contributed by atoms with E-state index in [-0.39, 0.29) is 24.2 Å². The number of esters is 1. The highest BCUT2D eigenvalue weighted by molar-refractivity contribution is 5.78. The van der Waals surface area contributed by atoms with Gasteiger partial charge in [-0.05, 0) is 18.9 Å². The zero-order valence-electron chi connectivity index (χ0n) is 10.0. The molecule has 0 N–H and O–H groups in total. The number of nitrogens with zero attached hydrogens (tertiary/aromatic N) is 1. The summed E-state index contributed by atoms with van der Waals surface area (Å²) in [7, 11) is 0. The summed E-state index contributed by atoms with van der Waals surface area (Å²) in [6.07, 6.45) is 2.02. The first-order chi connectivity index (χ1) is 8.25. The third kappa shape index (κ3) is 1.84. The van der Waals surface area contributed by atoms with Crippen molar-refractivity contribution in [3.8, 4) is 0 Å². The predicted octanol–water partition coefficient (Wildman–Crippen LogP) is 2.14. The van der Waals surface area contributed by atoms with Gasteiger partial charge in [0.25, 0.3) is 0 Å². The van der Waals surface area contributed by atoms with E-state index in [2.05, 4.69) is 24.0 Å². The number of carbonyl (C=O) groups is 1. The molecule has 0 aliphatic carbocycles. The number of benzene rings is 1. The molecule has 2 heterocycles. The minimum atomic E-state index is -0.0321. The number of likely N-dealkylation sites (tertiary alicyclic amines) is 1. The van der Waals surface area contributed by atoms with E-state index in [4.69, 9.17) is 4.74 Å². The van der Waals surface area contributed by atoms with Gasteiger partial charge < -0.3 is 4.74 Å². The lowest BCUT2D eigenvalue weighted by atomic mass is 9.98. The van der Waals surface area contributed by atoms with E-state index >= 15 is 0 Å². The highest BCUT2D eigenvalue weighted by atomic mass is 16.6. The SMILES string of the molecule is C[C@H](c1ccccc1)N1CC[C@H]2CC1C(=O)O2. The van der Waals surface area contributed by atoms with E-state index in [0.29, 0.717) is 0 Å². The van der Waals surface area contributed by atoms with Gasteiger partial charge in [0.15, 0.2) is 0 Å². The Hall–Kier alpha value is -1.35. The quantitative estimate of drug-likeness (QED) is 0.730. The van der Waals surface area contributed by atoms with E-state index in [1.807, 2.05) is 18.2 Å². The lowest BCUT2D eigenvalue weighted by molar-refractivity contribution is -0.143. The molecule has 3 rings (SSSR count). The molecule has 17 heavy (non-hydrogen) atoms. The van der Waals surface area contributed by atoms with Crippen molar-refractivity contribution in [2.45, 2.75) is 38.0 Å². The molecule has 1 aromatic carbocycles. The lowest BCUT2D eigenvalue weighted by Crippen LogP contribution is -2.43. The van der Waals surface area contributed by atoms with Crippen molar-refractivity contribution in [2.75, 3.05) is 6.54 Å². The number of hydrogen-bond donors (Lipinski definition) is 0. The Kier molecular flexibility index (Phi) is 2.63. The van der Waals surface area contributed by atoms with Crippen LogP contribution in [0.1, 0.15) is 31.4 Å². The molecule has 3 nitrogen and oxygen atoms in total. The van der Waals surface area contributed by atoms with E-state index in [0.717, 1.165) is 19.4 Å². The summed E-state index contributed by atoms with van der Waals surface area (Å²) in [5.74, 6) is -0.0321. The van der Waals surface area contributed by atoms with E-state index < -0.39 is 0 Å². The number of ether oxygens (including phenoxy) is 1. The fraction of sp³-hybridized carbons (Fsp3) is 0.500. The second-order valence-corrected chi connectivity index (χ2v) is 4.92. The van der Waals surface area contributed by atoms with Crippen molar-refractivity contribution in [1.82, 2.24) is 4.90 Å². The van der Waals surface area contributed by atoms with Gasteiger partial charge in [-0.25, -0.2) is 0 Å². The Morgan fingerprint density at radius 2 is 2.12 bits per heavy atom. The van der Waals surface area contributed by atoms with Crippen molar-refractivity contribution < 1.29 is 9.53 Å². The smallest absolute Gasteiger partial charge is 0.323 e. The van der Waals surface area contributed by atoms with Crippen LogP contribution in [0.25, 0.3) is 0 Å². The van der Waals surface area contributed by atoms with E-state index in [9.17, 15) is 4.79 Å². The molecule has 2 aliphatic rings. The molecule has 0 radical (unpaired) electrons. The molecule has 1 aromatic rings. The van der Waals surface area contributed by atoms with Crippen LogP contribution in [0.15, 0.2) is 30.3 Å². The van der Waals surface area contributed by atoms with Crippen molar-refractivity contribution in [2.24, 2.45) is 0 Å². The summed E-state index contributed by atoms with van der Waals surface area (Å²) >= 11 is 0. The Bertz CT molecular complexity index is 417. The Morgan fingerprint density at radius 1 is 1.35 bits per heavy atom. The van der Waals surface area contributed by atoms with Gasteiger partial charge in [-0.1, -0.05) is 30.3 Å². The minimum absolute atomic E-state index is 0.0241. The molecular formula is C14H17NO2. The van der Waals surface area contributed by atoms with Crippen LogP contribution in [-0.4, -0.2) is 29.6 Å². The molecule has 90 valence electrons. The number of fused-ring (bicyclic) bond motifs is 2. The van der Waals surface area contributed by atoms with Gasteiger partial charge in [-0.15, -0.1) is 0 Å². The standard InChI is InChI=1S/C14H17NO2/c1-10(11-5-3-2-4-6-11)15-8-7-12-9-13(15)14(16)17-12/h2-6,10,12-13H,7-9H2,1H3/t10-,12+,13?/m1/s1. The van der Waals surface area contributed by atoms with Crippen molar-refractivity contribution in [3.63, 3.8) is 0 Å². The average molecular weight is 231 g/mol. The molecule has 2 aliphatic heterocycles. The zero-order valence-corrected chi connectivity index (χ0v) is 10.0. The maximum atomic E-state index is 11.7. The van der Waals surface area contributed by atoms with Crippen LogP contribution in [-0.2, 0) is 9.53 Å². The van der Waals surface area contributed by atoms with E-state index in [1.54, 1.807) is 0 Å². The van der Waals surface area contributed by atoms with Gasteiger partial charge in [0.05, 0.1) is 0 Å². The van der Waals surface area contributed by atoms with Crippen LogP contribution in [0.3, 0.4) is 0 Å². The minimum Gasteiger partial charge on any atom is -0.461 e. The van der Waals surface area contributed by atoms with Gasteiger partial charge in [0.2, 0.25) is 0 Å². The van der Waals surface area contributed by atoms with Crippen molar-refractivity contribution in [1.29, 1.82) is 0 Å². The number of hydrogen-bond acceptors (Lipinski definition) is 3. The van der Waals surface area contributed by atoms with E-state index in [1.165, 1.54) is 5.56 Å². The third-order valence-electron chi connectivity index (χ3n) is 3.93. The van der Waals surface area contributed by atoms with Crippen LogP contribution in [0.2, 0.25) is 0 Å². The summed E-state index contributed by atoms with van der Waals surface area (Å²) < 4.78 is 5.32. The monoisotopic (exact) mass is 231 g/mol. The maximum absolute atomic E-state index is 11.7. The summed E-state index contributed by atoms with van der Waals surface area (Å²) in [5, 5.41) is 0. The van der Waals surface area contributed by atoms with Gasteiger partial charge >= 0.3 is 5.97 Å². The number of rotatable bonds is 2. The van der Waals surface area contributed by atoms with Gasteiger partial charge in [-0.3, -0.25) is 9.69 Å². The molecule has 1 unspecified atom stereocenters. The highest BCUT2D eigenvalue weighted by Crippen LogP contribution is 2.34. The molecule has 3 heteroatoms. The average Bonchev–Trinajstić information content (AvgIpc) is 2.66. The number of piperidine rings is 1. The summed E-state index contributed by atoms with van der Waals surface area (Å²) in [6, 6.07) is 10.6. The molecule has 2 bridgehead atoms. The second-order valence-electron chi connectivity index (χ2n) is 4.92. The normalized spacial score (nSPS) is 30.1. The fourth-order valence-corrected chi connectivity index (χ4v) is 2.92. The summed E-state index contributed by atoms with van der Waals surface area (Å²) in [4.78, 5) is 14.0. The first-order valence-corrected chi connectivity index (χ1v) is 6.27. The van der Waals surface area contributed by atoms with Gasteiger partial charge in [0.1, 0.15) is 12.1 Å². The summed E-state index contributed by atoms with van der Waals surface area (Å²) in [5.41, 5.74) is 1.27. The van der Waals surface area contributed by atoms with Crippen LogP contribution in [0.4, 0.5) is 0 Å². The van der Waals surface area contributed by atoms with Crippen molar-refractivity contribution in [3.05, 3.63) is 35.9 Å². The van der Waals surface area contributed by atoms with Crippen LogP contribution in [0, 0.1) is 0 Å². The zero-order chi connectivity index (χ0) is 11.8. The molecule has 0 aromatic heterocycles. The van der Waals surface area contributed by atoms with Gasteiger partial charge in [-0.2, -0.15) is 0 Å². The first-order valence-electron chi connectivity index (χ1n) is 6.27. The van der Waals surface area contributed by atoms with Crippen LogP contribution in [0.5, 0.6) is 0 Å². The Labute approximate surface area is 101 Å². The number of carbonyl (C=O) groups excluding carboxylic acids is 1. The molecule has 0 spiro atoms. The van der Waals surface area contributed by atoms with Crippen LogP contribution >= 0.6 is 0 Å². The molecule has 2 fully saturated rings. The molecule has 0 saturated carbocycles. The second kappa shape index (κ2) is 4.15. The Morgan fingerprint density at radius 3 is 2.88 bits per heavy atom. The largest absolute Gasteiger partial charge is 0.461 e. The molecule has 2 saturated heterocycles.